The summed E-state index contributed by atoms with van der Waals surface area (Å²) >= 11 is 0. The van der Waals surface area contributed by atoms with Crippen molar-refractivity contribution in [3.05, 3.63) is 52.1 Å². The van der Waals surface area contributed by atoms with Gasteiger partial charge in [0.2, 0.25) is 0 Å². The second-order valence-corrected chi connectivity index (χ2v) is 3.84. The van der Waals surface area contributed by atoms with Gasteiger partial charge < -0.3 is 9.30 Å². The summed E-state index contributed by atoms with van der Waals surface area (Å²) in [6, 6.07) is 3.88. The van der Waals surface area contributed by atoms with Crippen LogP contribution in [0.5, 0.6) is 5.75 Å². The number of imidazole rings is 1. The van der Waals surface area contributed by atoms with Crippen LogP contribution < -0.4 is 4.74 Å². The third kappa shape index (κ3) is 2.76. The van der Waals surface area contributed by atoms with Crippen LogP contribution in [0.3, 0.4) is 0 Å². The van der Waals surface area contributed by atoms with E-state index in [2.05, 4.69) is 4.98 Å². The molecule has 0 radical (unpaired) electrons. The van der Waals surface area contributed by atoms with E-state index in [0.29, 0.717) is 17.9 Å². The fourth-order valence-corrected chi connectivity index (χ4v) is 1.55. The molecule has 0 spiro atoms. The zero-order chi connectivity index (χ0) is 13.8. The Bertz CT molecular complexity index is 621. The van der Waals surface area contributed by atoms with Crippen LogP contribution in [0.15, 0.2) is 30.6 Å². The number of aldehydes is 1. The van der Waals surface area contributed by atoms with Crippen molar-refractivity contribution in [3.63, 3.8) is 0 Å². The largest absolute Gasteiger partial charge is 0.485 e. The van der Waals surface area contributed by atoms with Crippen molar-refractivity contribution in [2.45, 2.75) is 6.61 Å². The maximum absolute atomic E-state index is 10.9. The van der Waals surface area contributed by atoms with Crippen LogP contribution in [0.25, 0.3) is 0 Å². The summed E-state index contributed by atoms with van der Waals surface area (Å²) in [5.41, 5.74) is -0.00477. The molecule has 0 bridgehead atoms. The Morgan fingerprint density at radius 1 is 1.53 bits per heavy atom. The highest BCUT2D eigenvalue weighted by molar-refractivity contribution is 5.80. The molecule has 1 heterocycles. The number of rotatable bonds is 5. The number of hydrogen-bond acceptors (Lipinski definition) is 5. The molecule has 0 unspecified atom stereocenters. The van der Waals surface area contributed by atoms with Gasteiger partial charge in [-0.2, -0.15) is 0 Å². The van der Waals surface area contributed by atoms with Crippen LogP contribution in [0.4, 0.5) is 5.69 Å². The lowest BCUT2D eigenvalue weighted by molar-refractivity contribution is -0.384. The van der Waals surface area contributed by atoms with Crippen molar-refractivity contribution in [3.8, 4) is 5.75 Å². The van der Waals surface area contributed by atoms with Crippen LogP contribution in [0.1, 0.15) is 16.2 Å². The van der Waals surface area contributed by atoms with E-state index >= 15 is 0 Å². The van der Waals surface area contributed by atoms with E-state index in [-0.39, 0.29) is 17.9 Å². The topological polar surface area (TPSA) is 87.3 Å². The quantitative estimate of drug-likeness (QED) is 0.464. The minimum Gasteiger partial charge on any atom is -0.485 e. The van der Waals surface area contributed by atoms with Crippen LogP contribution in [0, 0.1) is 10.1 Å². The maximum atomic E-state index is 10.9. The fourth-order valence-electron chi connectivity index (χ4n) is 1.55. The molecule has 0 aliphatic rings. The first-order valence-electron chi connectivity index (χ1n) is 5.44. The van der Waals surface area contributed by atoms with E-state index in [1.165, 1.54) is 18.2 Å². The number of nitro benzene ring substituents is 1. The Balaban J connectivity index is 2.18. The Labute approximate surface area is 108 Å². The number of carbonyl (C=O) groups is 1. The molecule has 0 atom stereocenters. The lowest BCUT2D eigenvalue weighted by atomic mass is 10.2. The van der Waals surface area contributed by atoms with Gasteiger partial charge in [-0.1, -0.05) is 0 Å². The van der Waals surface area contributed by atoms with Gasteiger partial charge in [0, 0.05) is 31.6 Å². The lowest BCUT2D eigenvalue weighted by Crippen LogP contribution is -2.04. The number of aryl methyl sites for hydroxylation is 1. The van der Waals surface area contributed by atoms with Gasteiger partial charge in [0.15, 0.2) is 6.29 Å². The van der Waals surface area contributed by atoms with E-state index < -0.39 is 4.92 Å². The van der Waals surface area contributed by atoms with Crippen LogP contribution in [-0.4, -0.2) is 20.8 Å². The van der Waals surface area contributed by atoms with Crippen LogP contribution in [0.2, 0.25) is 0 Å². The summed E-state index contributed by atoms with van der Waals surface area (Å²) in [5.74, 6) is 0.985. The van der Waals surface area contributed by atoms with Crippen molar-refractivity contribution in [1.29, 1.82) is 0 Å². The molecule has 0 fully saturated rings. The number of nitrogens with zero attached hydrogens (tertiary/aromatic N) is 3. The molecule has 19 heavy (non-hydrogen) atoms. The minimum absolute atomic E-state index is 0.142. The Morgan fingerprint density at radius 2 is 2.32 bits per heavy atom. The monoisotopic (exact) mass is 261 g/mol. The molecule has 7 heteroatoms. The van der Waals surface area contributed by atoms with Gasteiger partial charge in [0.05, 0.1) is 10.5 Å². The van der Waals surface area contributed by atoms with Crippen molar-refractivity contribution in [2.24, 2.45) is 7.05 Å². The zero-order valence-corrected chi connectivity index (χ0v) is 10.1. The first-order valence-corrected chi connectivity index (χ1v) is 5.44. The summed E-state index contributed by atoms with van der Waals surface area (Å²) in [7, 11) is 1.82. The number of benzene rings is 1. The highest BCUT2D eigenvalue weighted by Gasteiger charge is 2.12. The number of non-ortho nitro benzene ring substituents is 1. The Kier molecular flexibility index (Phi) is 3.56. The van der Waals surface area contributed by atoms with E-state index in [9.17, 15) is 14.9 Å². The molecule has 1 aromatic carbocycles. The highest BCUT2D eigenvalue weighted by Crippen LogP contribution is 2.23. The van der Waals surface area contributed by atoms with Gasteiger partial charge in [0.1, 0.15) is 18.2 Å². The highest BCUT2D eigenvalue weighted by atomic mass is 16.6. The van der Waals surface area contributed by atoms with Gasteiger partial charge in [0.25, 0.3) is 5.69 Å². The van der Waals surface area contributed by atoms with Crippen molar-refractivity contribution in [1.82, 2.24) is 9.55 Å². The van der Waals surface area contributed by atoms with Gasteiger partial charge in [-0.25, -0.2) is 4.98 Å². The summed E-state index contributed by atoms with van der Waals surface area (Å²) in [6.07, 6.45) is 3.94. The Hall–Kier alpha value is -2.70. The molecule has 2 aromatic rings. The maximum Gasteiger partial charge on any atom is 0.270 e. The molecule has 0 aliphatic carbocycles. The molecule has 0 aliphatic heterocycles. The first-order chi connectivity index (χ1) is 9.11. The predicted octanol–water partition coefficient (Wildman–Crippen LogP) is 1.72. The average Bonchev–Trinajstić information content (AvgIpc) is 2.81. The van der Waals surface area contributed by atoms with Crippen molar-refractivity contribution >= 4 is 12.0 Å². The standard InChI is InChI=1S/C12H11N3O4/c1-14-5-4-13-12(14)8-19-11-3-2-10(15(17)18)6-9(11)7-16/h2-7H,8H2,1H3. The molecular formula is C12H11N3O4. The lowest BCUT2D eigenvalue weighted by Gasteiger charge is -2.08. The van der Waals surface area contributed by atoms with E-state index in [4.69, 9.17) is 4.74 Å². The SMILES string of the molecule is Cn1ccnc1COc1ccc([N+](=O)[O-])cc1C=O. The smallest absolute Gasteiger partial charge is 0.270 e. The summed E-state index contributed by atoms with van der Waals surface area (Å²) < 4.78 is 7.23. The van der Waals surface area contributed by atoms with E-state index in [1.54, 1.807) is 17.0 Å². The minimum atomic E-state index is -0.560. The molecule has 0 N–H and O–H groups in total. The molecule has 0 saturated heterocycles. The van der Waals surface area contributed by atoms with Crippen LogP contribution >= 0.6 is 0 Å². The molecule has 0 saturated carbocycles. The van der Waals surface area contributed by atoms with Crippen molar-refractivity contribution in [2.75, 3.05) is 0 Å². The normalized spacial score (nSPS) is 10.2. The zero-order valence-electron chi connectivity index (χ0n) is 10.1. The number of ether oxygens (including phenoxy) is 1. The number of nitro groups is 1. The molecular weight excluding hydrogens is 250 g/mol. The van der Waals surface area contributed by atoms with Gasteiger partial charge in [-0.3, -0.25) is 14.9 Å². The van der Waals surface area contributed by atoms with Crippen molar-refractivity contribution < 1.29 is 14.5 Å². The van der Waals surface area contributed by atoms with E-state index in [1.807, 2.05) is 7.05 Å². The van der Waals surface area contributed by atoms with Gasteiger partial charge in [-0.15, -0.1) is 0 Å². The first kappa shape index (κ1) is 12.7. The van der Waals surface area contributed by atoms with E-state index in [0.717, 1.165) is 0 Å². The van der Waals surface area contributed by atoms with Gasteiger partial charge in [-0.05, 0) is 6.07 Å². The second-order valence-electron chi connectivity index (χ2n) is 3.84. The number of hydrogen-bond donors (Lipinski definition) is 0. The third-order valence-electron chi connectivity index (χ3n) is 2.61. The third-order valence-corrected chi connectivity index (χ3v) is 2.61. The average molecular weight is 261 g/mol. The molecule has 98 valence electrons. The predicted molar refractivity (Wildman–Crippen MR) is 66.0 cm³/mol. The summed E-state index contributed by atoms with van der Waals surface area (Å²) in [4.78, 5) is 25.0. The Morgan fingerprint density at radius 3 is 2.89 bits per heavy atom. The second kappa shape index (κ2) is 5.30. The van der Waals surface area contributed by atoms with Gasteiger partial charge >= 0.3 is 0 Å². The molecule has 2 rings (SSSR count). The molecule has 7 nitrogen and oxygen atoms in total. The summed E-state index contributed by atoms with van der Waals surface area (Å²) in [6.45, 7) is 0.183. The van der Waals surface area contributed by atoms with Crippen LogP contribution in [-0.2, 0) is 13.7 Å². The number of carbonyl (C=O) groups excluding carboxylic acids is 1. The summed E-state index contributed by atoms with van der Waals surface area (Å²) in [5, 5.41) is 10.6. The molecule has 1 aromatic heterocycles. The molecule has 0 amide bonds. The number of aromatic nitrogens is 2. The fraction of sp³-hybridized carbons (Fsp3) is 0.167.